The summed E-state index contributed by atoms with van der Waals surface area (Å²) in [5.41, 5.74) is 1.80. The minimum Gasteiger partial charge on any atom is -0.462 e. The lowest BCUT2D eigenvalue weighted by Crippen LogP contribution is -2.26. The molecule has 1 aliphatic carbocycles. The van der Waals surface area contributed by atoms with Crippen LogP contribution in [0.2, 0.25) is 0 Å². The van der Waals surface area contributed by atoms with E-state index >= 15 is 0 Å². The highest BCUT2D eigenvalue weighted by Crippen LogP contribution is 2.32. The van der Waals surface area contributed by atoms with Gasteiger partial charge in [-0.2, -0.15) is 0 Å². The monoisotopic (exact) mass is 266 g/mol. The van der Waals surface area contributed by atoms with Crippen molar-refractivity contribution in [3.63, 3.8) is 0 Å². The number of esters is 1. The molecule has 0 fully saturated rings. The van der Waals surface area contributed by atoms with Crippen LogP contribution in [0.4, 0.5) is 0 Å². The molecule has 110 valence electrons. The van der Waals surface area contributed by atoms with Crippen LogP contribution in [0.15, 0.2) is 11.6 Å². The maximum absolute atomic E-state index is 11.3. The summed E-state index contributed by atoms with van der Waals surface area (Å²) in [7, 11) is 0. The van der Waals surface area contributed by atoms with Gasteiger partial charge in [0.2, 0.25) is 0 Å². The highest BCUT2D eigenvalue weighted by Gasteiger charge is 2.25. The van der Waals surface area contributed by atoms with E-state index in [4.69, 9.17) is 4.74 Å². The molecule has 0 saturated carbocycles. The number of carbonyl (C=O) groups is 1. The first-order valence-electron chi connectivity index (χ1n) is 7.63. The summed E-state index contributed by atoms with van der Waals surface area (Å²) in [4.78, 5) is 11.3. The molecule has 0 heterocycles. The molecule has 0 bridgehead atoms. The van der Waals surface area contributed by atoms with Crippen molar-refractivity contribution >= 4 is 5.97 Å². The van der Waals surface area contributed by atoms with Crippen LogP contribution in [0.3, 0.4) is 0 Å². The average molecular weight is 266 g/mol. The molecule has 0 saturated heterocycles. The zero-order chi connectivity index (χ0) is 14.5. The number of ether oxygens (including phenoxy) is 1. The predicted octanol–water partition coefficient (Wildman–Crippen LogP) is 4.88. The fraction of sp³-hybridized carbons (Fsp3) is 0.824. The first-order chi connectivity index (χ1) is 8.80. The van der Waals surface area contributed by atoms with Gasteiger partial charge >= 0.3 is 5.97 Å². The van der Waals surface area contributed by atoms with E-state index in [9.17, 15) is 4.79 Å². The topological polar surface area (TPSA) is 26.3 Å². The minimum absolute atomic E-state index is 0.0928. The van der Waals surface area contributed by atoms with Crippen LogP contribution in [0, 0.1) is 11.3 Å². The number of rotatable bonds is 1. The quantitative estimate of drug-likeness (QED) is 0.499. The summed E-state index contributed by atoms with van der Waals surface area (Å²) in [6.45, 7) is 10.6. The van der Waals surface area contributed by atoms with Gasteiger partial charge in [0.15, 0.2) is 0 Å². The molecule has 2 nitrogen and oxygen atoms in total. The number of hydrogen-bond acceptors (Lipinski definition) is 2. The molecule has 1 unspecified atom stereocenters. The predicted molar refractivity (Wildman–Crippen MR) is 80.0 cm³/mol. The van der Waals surface area contributed by atoms with Crippen LogP contribution in [0.25, 0.3) is 0 Å². The third-order valence-corrected chi connectivity index (χ3v) is 4.29. The fourth-order valence-electron chi connectivity index (χ4n) is 2.75. The molecule has 0 N–H and O–H groups in total. The highest BCUT2D eigenvalue weighted by atomic mass is 16.5. The summed E-state index contributed by atoms with van der Waals surface area (Å²) >= 11 is 0. The van der Waals surface area contributed by atoms with Gasteiger partial charge < -0.3 is 4.74 Å². The van der Waals surface area contributed by atoms with Crippen molar-refractivity contribution in [3.8, 4) is 0 Å². The third kappa shape index (κ3) is 6.26. The molecule has 19 heavy (non-hydrogen) atoms. The lowest BCUT2D eigenvalue weighted by atomic mass is 9.81. The van der Waals surface area contributed by atoms with Gasteiger partial charge in [0.25, 0.3) is 0 Å². The summed E-state index contributed by atoms with van der Waals surface area (Å²) in [6, 6.07) is 0. The smallest absolute Gasteiger partial charge is 0.302 e. The first kappa shape index (κ1) is 16.3. The Morgan fingerprint density at radius 2 is 2.05 bits per heavy atom. The fourth-order valence-corrected chi connectivity index (χ4v) is 2.75. The number of carbonyl (C=O) groups excluding carboxylic acids is 1. The molecule has 1 aliphatic rings. The van der Waals surface area contributed by atoms with Crippen molar-refractivity contribution in [1.29, 1.82) is 0 Å². The Hall–Kier alpha value is -0.790. The number of hydrogen-bond donors (Lipinski definition) is 0. The SMILES string of the molecule is CC(=O)OC1CCC(C)(C)C/C=C(\C)CCC[C@@H]1C. The summed E-state index contributed by atoms with van der Waals surface area (Å²) < 4.78 is 5.54. The van der Waals surface area contributed by atoms with Crippen LogP contribution in [0.1, 0.15) is 73.1 Å². The van der Waals surface area contributed by atoms with Crippen molar-refractivity contribution in [2.24, 2.45) is 11.3 Å². The van der Waals surface area contributed by atoms with E-state index in [0.717, 1.165) is 25.7 Å². The van der Waals surface area contributed by atoms with Gasteiger partial charge in [-0.1, -0.05) is 32.4 Å². The van der Waals surface area contributed by atoms with E-state index in [1.807, 2.05) is 0 Å². The van der Waals surface area contributed by atoms with Gasteiger partial charge in [0, 0.05) is 6.92 Å². The second kappa shape index (κ2) is 7.12. The largest absolute Gasteiger partial charge is 0.462 e. The Kier molecular flexibility index (Phi) is 6.09. The Morgan fingerprint density at radius 3 is 2.68 bits per heavy atom. The van der Waals surface area contributed by atoms with Gasteiger partial charge in [0.05, 0.1) is 0 Å². The van der Waals surface area contributed by atoms with Gasteiger partial charge in [-0.25, -0.2) is 0 Å². The molecular formula is C17H30O2. The van der Waals surface area contributed by atoms with Crippen molar-refractivity contribution in [2.45, 2.75) is 79.2 Å². The maximum atomic E-state index is 11.3. The summed E-state index contributed by atoms with van der Waals surface area (Å²) in [5, 5.41) is 0. The Labute approximate surface area is 118 Å². The van der Waals surface area contributed by atoms with Crippen LogP contribution < -0.4 is 0 Å². The lowest BCUT2D eigenvalue weighted by Gasteiger charge is -2.28. The van der Waals surface area contributed by atoms with Crippen molar-refractivity contribution in [1.82, 2.24) is 0 Å². The van der Waals surface area contributed by atoms with E-state index in [2.05, 4.69) is 33.8 Å². The van der Waals surface area contributed by atoms with Crippen LogP contribution >= 0.6 is 0 Å². The second-order valence-electron chi connectivity index (χ2n) is 6.97. The van der Waals surface area contributed by atoms with Gasteiger partial charge in [-0.15, -0.1) is 0 Å². The Bertz CT molecular complexity index is 328. The highest BCUT2D eigenvalue weighted by molar-refractivity contribution is 5.66. The van der Waals surface area contributed by atoms with E-state index in [0.29, 0.717) is 11.3 Å². The third-order valence-electron chi connectivity index (χ3n) is 4.29. The molecule has 0 aromatic rings. The molecule has 2 heteroatoms. The van der Waals surface area contributed by atoms with E-state index in [1.165, 1.54) is 25.3 Å². The van der Waals surface area contributed by atoms with Crippen molar-refractivity contribution in [2.75, 3.05) is 0 Å². The van der Waals surface area contributed by atoms with E-state index < -0.39 is 0 Å². The minimum atomic E-state index is -0.140. The normalized spacial score (nSPS) is 31.7. The zero-order valence-electron chi connectivity index (χ0n) is 13.3. The van der Waals surface area contributed by atoms with Crippen LogP contribution in [-0.4, -0.2) is 12.1 Å². The zero-order valence-corrected chi connectivity index (χ0v) is 13.3. The van der Waals surface area contributed by atoms with Gasteiger partial charge in [-0.3, -0.25) is 4.79 Å². The molecule has 0 aromatic carbocycles. The Morgan fingerprint density at radius 1 is 1.37 bits per heavy atom. The summed E-state index contributed by atoms with van der Waals surface area (Å²) in [5.74, 6) is 0.324. The van der Waals surface area contributed by atoms with Gasteiger partial charge in [-0.05, 0) is 56.8 Å². The standard InChI is InChI=1S/C17H30O2/c1-13-7-6-8-14(2)16(19-15(3)18)10-12-17(4,5)11-9-13/h9,14,16H,6-8,10-12H2,1-5H3/b13-9+/t14-,16?/m0/s1. The second-order valence-corrected chi connectivity index (χ2v) is 6.97. The molecule has 0 radical (unpaired) electrons. The molecule has 0 spiro atoms. The van der Waals surface area contributed by atoms with Gasteiger partial charge in [0.1, 0.15) is 6.10 Å². The van der Waals surface area contributed by atoms with Crippen LogP contribution in [-0.2, 0) is 9.53 Å². The average Bonchev–Trinajstić information content (AvgIpc) is 2.32. The van der Waals surface area contributed by atoms with Crippen LogP contribution in [0.5, 0.6) is 0 Å². The molecule has 1 rings (SSSR count). The van der Waals surface area contributed by atoms with E-state index in [-0.39, 0.29) is 12.1 Å². The molecule has 2 atom stereocenters. The summed E-state index contributed by atoms with van der Waals surface area (Å²) in [6.07, 6.45) is 9.23. The molecule has 0 aromatic heterocycles. The lowest BCUT2D eigenvalue weighted by molar-refractivity contribution is -0.149. The Balaban J connectivity index is 2.75. The van der Waals surface area contributed by atoms with Crippen molar-refractivity contribution < 1.29 is 9.53 Å². The number of allylic oxidation sites excluding steroid dienone is 2. The first-order valence-corrected chi connectivity index (χ1v) is 7.63. The maximum Gasteiger partial charge on any atom is 0.302 e. The molecule has 0 amide bonds. The van der Waals surface area contributed by atoms with Crippen molar-refractivity contribution in [3.05, 3.63) is 11.6 Å². The van der Waals surface area contributed by atoms with E-state index in [1.54, 1.807) is 0 Å². The molecule has 0 aliphatic heterocycles. The molecular weight excluding hydrogens is 236 g/mol.